The van der Waals surface area contributed by atoms with Crippen molar-refractivity contribution in [2.24, 2.45) is 0 Å². The molecule has 0 saturated heterocycles. The second-order valence-corrected chi connectivity index (χ2v) is 6.52. The summed E-state index contributed by atoms with van der Waals surface area (Å²) < 4.78 is 10.9. The molecule has 1 aromatic heterocycles. The van der Waals surface area contributed by atoms with Crippen LogP contribution in [0, 0.1) is 0 Å². The quantitative estimate of drug-likeness (QED) is 0.578. The van der Waals surface area contributed by atoms with Gasteiger partial charge in [0.1, 0.15) is 5.82 Å². The summed E-state index contributed by atoms with van der Waals surface area (Å²) in [6.07, 6.45) is 0.859. The summed E-state index contributed by atoms with van der Waals surface area (Å²) in [7, 11) is 0. The largest absolute Gasteiger partial charge is 0.454 e. The van der Waals surface area contributed by atoms with Crippen LogP contribution in [0.5, 0.6) is 11.5 Å². The summed E-state index contributed by atoms with van der Waals surface area (Å²) in [6, 6.07) is 15.8. The van der Waals surface area contributed by atoms with Gasteiger partial charge in [0.25, 0.3) is 0 Å². The molecule has 2 heterocycles. The standard InChI is InChI=1S/C20H21N5O3/c21-20-23-18(24-25-20)8-9-22-19(26)11-15(13-4-2-1-3-5-13)14-6-7-16-17(10-14)28-12-27-16/h1-7,10,15H,8-9,11-12H2,(H,22,26)(H3,21,23,24,25)/t15-/m1/s1. The Morgan fingerprint density at radius 3 is 2.75 bits per heavy atom. The average molecular weight is 379 g/mol. The van der Waals surface area contributed by atoms with Crippen LogP contribution in [0.2, 0.25) is 0 Å². The number of nitrogens with one attached hydrogen (secondary N) is 2. The monoisotopic (exact) mass is 379 g/mol. The molecule has 0 bridgehead atoms. The van der Waals surface area contributed by atoms with E-state index in [1.807, 2.05) is 48.5 Å². The van der Waals surface area contributed by atoms with Gasteiger partial charge in [-0.25, -0.2) is 0 Å². The maximum atomic E-state index is 12.6. The molecule has 28 heavy (non-hydrogen) atoms. The number of nitrogen functional groups attached to an aromatic ring is 1. The van der Waals surface area contributed by atoms with Crippen molar-refractivity contribution in [3.05, 3.63) is 65.5 Å². The first-order valence-corrected chi connectivity index (χ1v) is 9.07. The number of carbonyl (C=O) groups is 1. The van der Waals surface area contributed by atoms with E-state index < -0.39 is 0 Å². The van der Waals surface area contributed by atoms with Crippen molar-refractivity contribution in [3.8, 4) is 11.5 Å². The fourth-order valence-corrected chi connectivity index (χ4v) is 3.24. The number of aromatic nitrogens is 3. The predicted molar refractivity (Wildman–Crippen MR) is 103 cm³/mol. The molecule has 0 saturated carbocycles. The van der Waals surface area contributed by atoms with Gasteiger partial charge in [-0.3, -0.25) is 9.89 Å². The molecular weight excluding hydrogens is 358 g/mol. The van der Waals surface area contributed by atoms with Gasteiger partial charge in [-0.05, 0) is 23.3 Å². The molecule has 0 unspecified atom stereocenters. The number of fused-ring (bicyclic) bond motifs is 1. The Hall–Kier alpha value is -3.55. The van der Waals surface area contributed by atoms with Crippen LogP contribution in [-0.4, -0.2) is 34.4 Å². The van der Waals surface area contributed by atoms with Crippen LogP contribution in [-0.2, 0) is 11.2 Å². The fourth-order valence-electron chi connectivity index (χ4n) is 3.24. The summed E-state index contributed by atoms with van der Waals surface area (Å²) in [6.45, 7) is 0.678. The van der Waals surface area contributed by atoms with Gasteiger partial charge in [-0.2, -0.15) is 4.98 Å². The number of anilines is 1. The van der Waals surface area contributed by atoms with Crippen molar-refractivity contribution in [3.63, 3.8) is 0 Å². The van der Waals surface area contributed by atoms with Crippen LogP contribution in [0.1, 0.15) is 29.3 Å². The molecule has 1 aliphatic heterocycles. The second-order valence-electron chi connectivity index (χ2n) is 6.52. The number of rotatable bonds is 7. The van der Waals surface area contributed by atoms with Crippen LogP contribution in [0.25, 0.3) is 0 Å². The SMILES string of the molecule is Nc1n[nH]c(CCNC(=O)C[C@H](c2ccccc2)c2ccc3c(c2)OCO3)n1. The molecule has 0 radical (unpaired) electrons. The van der Waals surface area contributed by atoms with E-state index in [0.29, 0.717) is 31.0 Å². The minimum atomic E-state index is -0.0865. The smallest absolute Gasteiger partial charge is 0.239 e. The summed E-state index contributed by atoms with van der Waals surface area (Å²) in [5, 5.41) is 9.45. The van der Waals surface area contributed by atoms with Crippen LogP contribution < -0.4 is 20.5 Å². The second kappa shape index (κ2) is 7.99. The molecule has 1 aliphatic rings. The molecule has 4 N–H and O–H groups in total. The molecule has 0 spiro atoms. The minimum Gasteiger partial charge on any atom is -0.454 e. The van der Waals surface area contributed by atoms with Crippen LogP contribution in [0.4, 0.5) is 5.95 Å². The van der Waals surface area contributed by atoms with E-state index >= 15 is 0 Å². The lowest BCUT2D eigenvalue weighted by Crippen LogP contribution is -2.27. The lowest BCUT2D eigenvalue weighted by Gasteiger charge is -2.18. The van der Waals surface area contributed by atoms with Gasteiger partial charge >= 0.3 is 0 Å². The van der Waals surface area contributed by atoms with E-state index in [-0.39, 0.29) is 24.6 Å². The first-order chi connectivity index (χ1) is 13.7. The highest BCUT2D eigenvalue weighted by molar-refractivity contribution is 5.77. The topological polar surface area (TPSA) is 115 Å². The summed E-state index contributed by atoms with van der Waals surface area (Å²) >= 11 is 0. The van der Waals surface area contributed by atoms with E-state index in [4.69, 9.17) is 15.2 Å². The number of hydrogen-bond donors (Lipinski definition) is 3. The van der Waals surface area contributed by atoms with E-state index in [9.17, 15) is 4.79 Å². The lowest BCUT2D eigenvalue weighted by molar-refractivity contribution is -0.121. The van der Waals surface area contributed by atoms with Crippen LogP contribution in [0.15, 0.2) is 48.5 Å². The van der Waals surface area contributed by atoms with Gasteiger partial charge in [0.2, 0.25) is 18.6 Å². The predicted octanol–water partition coefficient (Wildman–Crippen LogP) is 2.00. The number of nitrogens with two attached hydrogens (primary N) is 1. The van der Waals surface area contributed by atoms with Crippen molar-refractivity contribution in [2.45, 2.75) is 18.8 Å². The van der Waals surface area contributed by atoms with E-state index in [1.54, 1.807) is 0 Å². The molecule has 0 aliphatic carbocycles. The van der Waals surface area contributed by atoms with Crippen molar-refractivity contribution in [1.82, 2.24) is 20.5 Å². The molecular formula is C20H21N5O3. The maximum Gasteiger partial charge on any atom is 0.239 e. The molecule has 1 amide bonds. The van der Waals surface area contributed by atoms with Gasteiger partial charge in [0.15, 0.2) is 11.5 Å². The highest BCUT2D eigenvalue weighted by atomic mass is 16.7. The molecule has 8 nitrogen and oxygen atoms in total. The van der Waals surface area contributed by atoms with E-state index in [2.05, 4.69) is 20.5 Å². The fraction of sp³-hybridized carbons (Fsp3) is 0.250. The number of hydrogen-bond acceptors (Lipinski definition) is 6. The molecule has 2 aromatic carbocycles. The first kappa shape index (κ1) is 17.8. The molecule has 3 aromatic rings. The Morgan fingerprint density at radius 2 is 1.96 bits per heavy atom. The summed E-state index contributed by atoms with van der Waals surface area (Å²) in [5.41, 5.74) is 7.56. The van der Waals surface area contributed by atoms with Crippen molar-refractivity contribution in [2.75, 3.05) is 19.1 Å². The third kappa shape index (κ3) is 4.06. The number of benzene rings is 2. The van der Waals surface area contributed by atoms with E-state index in [1.165, 1.54) is 0 Å². The highest BCUT2D eigenvalue weighted by Crippen LogP contribution is 2.37. The molecule has 4 rings (SSSR count). The number of amides is 1. The van der Waals surface area contributed by atoms with Crippen LogP contribution >= 0.6 is 0 Å². The van der Waals surface area contributed by atoms with Crippen LogP contribution in [0.3, 0.4) is 0 Å². The van der Waals surface area contributed by atoms with Crippen molar-refractivity contribution in [1.29, 1.82) is 0 Å². The van der Waals surface area contributed by atoms with Crippen molar-refractivity contribution < 1.29 is 14.3 Å². The zero-order chi connectivity index (χ0) is 19.3. The average Bonchev–Trinajstić information content (AvgIpc) is 3.35. The lowest BCUT2D eigenvalue weighted by atomic mass is 9.88. The highest BCUT2D eigenvalue weighted by Gasteiger charge is 2.21. The molecule has 1 atom stereocenters. The van der Waals surface area contributed by atoms with Gasteiger partial charge in [0.05, 0.1) is 0 Å². The van der Waals surface area contributed by atoms with Gasteiger partial charge in [-0.1, -0.05) is 36.4 Å². The summed E-state index contributed by atoms with van der Waals surface area (Å²) in [5.74, 6) is 2.16. The Labute approximate surface area is 162 Å². The van der Waals surface area contributed by atoms with Crippen molar-refractivity contribution >= 4 is 11.9 Å². The van der Waals surface area contributed by atoms with E-state index in [0.717, 1.165) is 16.9 Å². The molecule has 8 heteroatoms. The molecule has 144 valence electrons. The zero-order valence-corrected chi connectivity index (χ0v) is 15.2. The number of carbonyl (C=O) groups excluding carboxylic acids is 1. The third-order valence-electron chi connectivity index (χ3n) is 4.62. The normalized spacial score (nSPS) is 13.3. The minimum absolute atomic E-state index is 0.0426. The zero-order valence-electron chi connectivity index (χ0n) is 15.2. The number of H-pyrrole nitrogens is 1. The molecule has 0 fully saturated rings. The van der Waals surface area contributed by atoms with Gasteiger partial charge in [0, 0.05) is 25.3 Å². The Bertz CT molecular complexity index is 957. The Balaban J connectivity index is 1.45. The summed E-state index contributed by atoms with van der Waals surface area (Å²) in [4.78, 5) is 16.6. The number of ether oxygens (including phenoxy) is 2. The number of aromatic amines is 1. The first-order valence-electron chi connectivity index (χ1n) is 9.07. The number of nitrogens with zero attached hydrogens (tertiary/aromatic N) is 2. The van der Waals surface area contributed by atoms with Gasteiger partial charge < -0.3 is 20.5 Å². The maximum absolute atomic E-state index is 12.6. The third-order valence-corrected chi connectivity index (χ3v) is 4.62. The van der Waals surface area contributed by atoms with Gasteiger partial charge in [-0.15, -0.1) is 5.10 Å². The Morgan fingerprint density at radius 1 is 1.14 bits per heavy atom. The Kier molecular flexibility index (Phi) is 5.09.